The molecule has 0 aliphatic carbocycles. The van der Waals surface area contributed by atoms with E-state index >= 15 is 0 Å². The molecule has 1 N–H and O–H groups in total. The minimum absolute atomic E-state index is 0.337. The third kappa shape index (κ3) is 2.45. The largest absolute Gasteiger partial charge is 0.618 e. The summed E-state index contributed by atoms with van der Waals surface area (Å²) in [5.74, 6) is 0. The first-order valence-electron chi connectivity index (χ1n) is 5.41. The van der Waals surface area contributed by atoms with Crippen LogP contribution in [0.3, 0.4) is 0 Å². The Bertz CT molecular complexity index is 515. The predicted octanol–water partition coefficient (Wildman–Crippen LogP) is 2.01. The van der Waals surface area contributed by atoms with E-state index in [1.165, 1.54) is 6.20 Å². The second kappa shape index (κ2) is 4.18. The molecule has 87 valence electrons. The lowest BCUT2D eigenvalue weighted by Gasteiger charge is -2.16. The minimum Gasteiger partial charge on any atom is -0.618 e. The van der Waals surface area contributed by atoms with E-state index in [4.69, 9.17) is 0 Å². The maximum atomic E-state index is 11.8. The highest BCUT2D eigenvalue weighted by molar-refractivity contribution is 5.61. The van der Waals surface area contributed by atoms with Crippen molar-refractivity contribution in [1.82, 2.24) is 0 Å². The van der Waals surface area contributed by atoms with Gasteiger partial charge in [0.05, 0.1) is 0 Å². The lowest BCUT2D eigenvalue weighted by molar-refractivity contribution is -0.621. The third-order valence-electron chi connectivity index (χ3n) is 2.59. The smallest absolute Gasteiger partial charge is 0.223 e. The van der Waals surface area contributed by atoms with E-state index in [0.717, 1.165) is 11.1 Å². The summed E-state index contributed by atoms with van der Waals surface area (Å²) in [7, 11) is 0. The summed E-state index contributed by atoms with van der Waals surface area (Å²) in [5, 5.41) is 21.6. The first-order valence-corrected chi connectivity index (χ1v) is 5.41. The van der Waals surface area contributed by atoms with Gasteiger partial charge in [-0.2, -0.15) is 4.73 Å². The number of nitrogens with zero attached hydrogens (tertiary/aromatic N) is 1. The molecule has 0 saturated carbocycles. The number of hydrogen-bond acceptors (Lipinski definition) is 2. The Labute approximate surface area is 101 Å². The fraction of sp³-hybridized carbons (Fsp3) is 0.214. The van der Waals surface area contributed by atoms with Gasteiger partial charge in [-0.05, 0) is 31.5 Å². The Morgan fingerprint density at radius 2 is 1.76 bits per heavy atom. The maximum Gasteiger partial charge on any atom is 0.223 e. The summed E-state index contributed by atoms with van der Waals surface area (Å²) in [6.07, 6.45) is 1.47. The van der Waals surface area contributed by atoms with E-state index in [-0.39, 0.29) is 0 Å². The Morgan fingerprint density at radius 3 is 2.29 bits per heavy atom. The minimum atomic E-state index is -1.13. The Kier molecular flexibility index (Phi) is 2.86. The van der Waals surface area contributed by atoms with E-state index in [9.17, 15) is 10.3 Å². The van der Waals surface area contributed by atoms with Crippen molar-refractivity contribution in [3.05, 3.63) is 59.6 Å². The normalized spacial score (nSPS) is 11.5. The summed E-state index contributed by atoms with van der Waals surface area (Å²) in [5.41, 5.74) is 0.978. The van der Waals surface area contributed by atoms with Crippen LogP contribution < -0.4 is 4.73 Å². The molecule has 3 nitrogen and oxygen atoms in total. The monoisotopic (exact) mass is 228 g/mol. The predicted molar refractivity (Wildman–Crippen MR) is 64.9 cm³/mol. The van der Waals surface area contributed by atoms with E-state index in [0.29, 0.717) is 10.4 Å². The highest BCUT2D eigenvalue weighted by atomic mass is 16.5. The Balaban J connectivity index is 2.45. The Hall–Kier alpha value is -1.87. The number of aliphatic hydroxyl groups is 1. The fourth-order valence-electron chi connectivity index (χ4n) is 1.70. The van der Waals surface area contributed by atoms with Gasteiger partial charge in [0, 0.05) is 11.6 Å². The summed E-state index contributed by atoms with van der Waals surface area (Å²) >= 11 is 0. The maximum absolute atomic E-state index is 11.8. The molecule has 1 heterocycles. The van der Waals surface area contributed by atoms with E-state index < -0.39 is 5.60 Å². The second-order valence-electron chi connectivity index (χ2n) is 4.48. The van der Waals surface area contributed by atoms with Crippen LogP contribution in [0.5, 0.6) is 0 Å². The van der Waals surface area contributed by atoms with Crippen LogP contribution in [0.25, 0.3) is 11.1 Å². The van der Waals surface area contributed by atoms with Gasteiger partial charge in [-0.15, -0.1) is 0 Å². The molecule has 1 aromatic heterocycles. The van der Waals surface area contributed by atoms with Crippen LogP contribution in [-0.4, -0.2) is 5.11 Å². The molecule has 0 bridgehead atoms. The van der Waals surface area contributed by atoms with Gasteiger partial charge in [0.15, 0.2) is 6.20 Å². The van der Waals surface area contributed by atoms with E-state index in [2.05, 4.69) is 6.07 Å². The van der Waals surface area contributed by atoms with Crippen LogP contribution in [0, 0.1) is 11.3 Å². The second-order valence-corrected chi connectivity index (χ2v) is 4.48. The molecular formula is C14H14NO2. The van der Waals surface area contributed by atoms with Gasteiger partial charge in [-0.1, -0.05) is 24.3 Å². The summed E-state index contributed by atoms with van der Waals surface area (Å²) in [4.78, 5) is 0. The molecule has 0 spiro atoms. The van der Waals surface area contributed by atoms with Gasteiger partial charge < -0.3 is 10.3 Å². The van der Waals surface area contributed by atoms with Crippen LogP contribution in [0.2, 0.25) is 0 Å². The van der Waals surface area contributed by atoms with Crippen molar-refractivity contribution in [1.29, 1.82) is 0 Å². The van der Waals surface area contributed by atoms with Gasteiger partial charge >= 0.3 is 0 Å². The molecule has 0 aliphatic rings. The topological polar surface area (TPSA) is 47.2 Å². The zero-order chi connectivity index (χ0) is 12.5. The van der Waals surface area contributed by atoms with Crippen molar-refractivity contribution >= 4 is 0 Å². The SMILES string of the molecule is CC(C)(O)c1ccc(-c2cc[c]cc2)c[n+]1[O-]. The van der Waals surface area contributed by atoms with Crippen LogP contribution >= 0.6 is 0 Å². The van der Waals surface area contributed by atoms with E-state index in [1.807, 2.05) is 18.2 Å². The van der Waals surface area contributed by atoms with Crippen LogP contribution in [0.4, 0.5) is 0 Å². The zero-order valence-corrected chi connectivity index (χ0v) is 9.84. The molecule has 2 aromatic rings. The lowest BCUT2D eigenvalue weighted by atomic mass is 10.0. The number of aromatic nitrogens is 1. The van der Waals surface area contributed by atoms with Crippen LogP contribution in [0.1, 0.15) is 19.5 Å². The first-order chi connectivity index (χ1) is 7.98. The fourth-order valence-corrected chi connectivity index (χ4v) is 1.70. The molecule has 3 heteroatoms. The van der Waals surface area contributed by atoms with Crippen molar-refractivity contribution in [2.75, 3.05) is 0 Å². The van der Waals surface area contributed by atoms with Gasteiger partial charge in [0.1, 0.15) is 5.60 Å². The molecule has 1 aromatic carbocycles. The van der Waals surface area contributed by atoms with Crippen molar-refractivity contribution in [3.63, 3.8) is 0 Å². The third-order valence-corrected chi connectivity index (χ3v) is 2.59. The zero-order valence-electron chi connectivity index (χ0n) is 9.84. The standard InChI is InChI=1S/C14H14NO2/c1-14(2,16)13-9-8-12(10-15(13)17)11-6-4-3-5-7-11/h4-10,16H,1-2H3. The molecule has 0 atom stereocenters. The highest BCUT2D eigenvalue weighted by Crippen LogP contribution is 2.20. The number of rotatable bonds is 2. The van der Waals surface area contributed by atoms with Gasteiger partial charge in [-0.25, -0.2) is 0 Å². The molecule has 0 aliphatic heterocycles. The number of benzene rings is 1. The molecule has 0 saturated heterocycles. The summed E-state index contributed by atoms with van der Waals surface area (Å²) in [6.45, 7) is 3.18. The molecule has 1 radical (unpaired) electrons. The van der Waals surface area contributed by atoms with Crippen molar-refractivity contribution < 1.29 is 9.84 Å². The van der Waals surface area contributed by atoms with E-state index in [1.54, 1.807) is 32.0 Å². The number of hydrogen-bond donors (Lipinski definition) is 1. The summed E-state index contributed by atoms with van der Waals surface area (Å²) < 4.78 is 0.714. The van der Waals surface area contributed by atoms with Crippen molar-refractivity contribution in [2.24, 2.45) is 0 Å². The highest BCUT2D eigenvalue weighted by Gasteiger charge is 2.25. The van der Waals surface area contributed by atoms with Gasteiger partial charge in [0.25, 0.3) is 0 Å². The van der Waals surface area contributed by atoms with Crippen LogP contribution in [0.15, 0.2) is 42.6 Å². The molecule has 0 amide bonds. The molecule has 0 fully saturated rings. The molecule has 0 unspecified atom stereocenters. The quantitative estimate of drug-likeness (QED) is 0.631. The molecule has 2 rings (SSSR count). The first kappa shape index (κ1) is 11.6. The average molecular weight is 228 g/mol. The average Bonchev–Trinajstić information content (AvgIpc) is 2.28. The summed E-state index contributed by atoms with van der Waals surface area (Å²) in [6, 6.07) is 13.8. The molecular weight excluding hydrogens is 214 g/mol. The van der Waals surface area contributed by atoms with Gasteiger partial charge in [-0.3, -0.25) is 0 Å². The Morgan fingerprint density at radius 1 is 1.12 bits per heavy atom. The van der Waals surface area contributed by atoms with Crippen molar-refractivity contribution in [3.8, 4) is 11.1 Å². The van der Waals surface area contributed by atoms with Crippen molar-refractivity contribution in [2.45, 2.75) is 19.4 Å². The van der Waals surface area contributed by atoms with Crippen LogP contribution in [-0.2, 0) is 5.60 Å². The lowest BCUT2D eigenvalue weighted by Crippen LogP contribution is -2.39. The number of pyridine rings is 1. The molecule has 17 heavy (non-hydrogen) atoms. The van der Waals surface area contributed by atoms with Gasteiger partial charge in [0.2, 0.25) is 5.69 Å².